The van der Waals surface area contributed by atoms with E-state index < -0.39 is 37.3 Å². The molecule has 5 atom stereocenters. The van der Waals surface area contributed by atoms with Crippen LogP contribution in [0.4, 0.5) is 0 Å². The molecule has 0 aliphatic carbocycles. The van der Waals surface area contributed by atoms with E-state index in [1.54, 1.807) is 0 Å². The standard InChI is InChI=1S/C9H18O7/c10-2-1-3-15-9-8(14)7(13)6(12)5(4-11)16-9/h5-14H,1-4H2/t5-,6+,7+,8-,9+/m1/s1. The van der Waals surface area contributed by atoms with Crippen molar-refractivity contribution in [3.8, 4) is 0 Å². The lowest BCUT2D eigenvalue weighted by molar-refractivity contribution is -0.301. The summed E-state index contributed by atoms with van der Waals surface area (Å²) in [6.07, 6.45) is -5.88. The van der Waals surface area contributed by atoms with Crippen molar-refractivity contribution in [2.24, 2.45) is 0 Å². The fraction of sp³-hybridized carbons (Fsp3) is 1.00. The lowest BCUT2D eigenvalue weighted by Crippen LogP contribution is -2.59. The molecule has 96 valence electrons. The molecule has 0 saturated carbocycles. The Morgan fingerprint density at radius 3 is 2.25 bits per heavy atom. The van der Waals surface area contributed by atoms with Gasteiger partial charge in [-0.05, 0) is 6.42 Å². The van der Waals surface area contributed by atoms with Gasteiger partial charge in [0.2, 0.25) is 0 Å². The van der Waals surface area contributed by atoms with Gasteiger partial charge in [-0.3, -0.25) is 0 Å². The Kier molecular flexibility index (Phi) is 5.56. The summed E-state index contributed by atoms with van der Waals surface area (Å²) < 4.78 is 10.1. The Morgan fingerprint density at radius 1 is 1.00 bits per heavy atom. The molecule has 0 unspecified atom stereocenters. The van der Waals surface area contributed by atoms with Gasteiger partial charge in [0.15, 0.2) is 6.29 Å². The first-order valence-corrected chi connectivity index (χ1v) is 5.14. The van der Waals surface area contributed by atoms with E-state index in [0.717, 1.165) is 0 Å². The van der Waals surface area contributed by atoms with E-state index in [0.29, 0.717) is 6.42 Å². The zero-order valence-corrected chi connectivity index (χ0v) is 8.77. The fourth-order valence-electron chi connectivity index (χ4n) is 1.47. The van der Waals surface area contributed by atoms with Gasteiger partial charge in [0.05, 0.1) is 13.2 Å². The van der Waals surface area contributed by atoms with Crippen LogP contribution in [0.1, 0.15) is 6.42 Å². The molecule has 1 saturated heterocycles. The van der Waals surface area contributed by atoms with Gasteiger partial charge in [0.1, 0.15) is 24.4 Å². The SMILES string of the molecule is OCCCO[C@H]1O[C@H](CO)[C@H](O)[C@H](O)[C@H]1O. The quantitative estimate of drug-likeness (QED) is 0.328. The summed E-state index contributed by atoms with van der Waals surface area (Å²) in [5.74, 6) is 0. The first kappa shape index (κ1) is 13.8. The van der Waals surface area contributed by atoms with Crippen LogP contribution < -0.4 is 0 Å². The fourth-order valence-corrected chi connectivity index (χ4v) is 1.47. The molecule has 0 aromatic rings. The third-order valence-corrected chi connectivity index (χ3v) is 2.43. The highest BCUT2D eigenvalue weighted by molar-refractivity contribution is 4.88. The Balaban J connectivity index is 2.50. The van der Waals surface area contributed by atoms with Gasteiger partial charge in [0.25, 0.3) is 0 Å². The molecule has 0 radical (unpaired) electrons. The first-order valence-electron chi connectivity index (χ1n) is 5.14. The van der Waals surface area contributed by atoms with E-state index in [4.69, 9.17) is 19.7 Å². The molecule has 0 bridgehead atoms. The van der Waals surface area contributed by atoms with Crippen LogP contribution in [-0.4, -0.2) is 76.1 Å². The minimum Gasteiger partial charge on any atom is -0.396 e. The highest BCUT2D eigenvalue weighted by Crippen LogP contribution is 2.21. The molecular formula is C9H18O7. The zero-order valence-electron chi connectivity index (χ0n) is 8.77. The first-order chi connectivity index (χ1) is 7.61. The van der Waals surface area contributed by atoms with E-state index >= 15 is 0 Å². The van der Waals surface area contributed by atoms with Crippen molar-refractivity contribution in [1.29, 1.82) is 0 Å². The largest absolute Gasteiger partial charge is 0.396 e. The molecule has 0 spiro atoms. The number of hydrogen-bond acceptors (Lipinski definition) is 7. The van der Waals surface area contributed by atoms with Crippen LogP contribution in [0.3, 0.4) is 0 Å². The van der Waals surface area contributed by atoms with E-state index in [2.05, 4.69) is 0 Å². The number of rotatable bonds is 5. The van der Waals surface area contributed by atoms with Crippen molar-refractivity contribution >= 4 is 0 Å². The average Bonchev–Trinajstić information content (AvgIpc) is 2.29. The minimum atomic E-state index is -1.43. The molecule has 1 aliphatic rings. The predicted molar refractivity (Wildman–Crippen MR) is 51.4 cm³/mol. The third kappa shape index (κ3) is 3.11. The predicted octanol–water partition coefficient (Wildman–Crippen LogP) is -2.81. The zero-order chi connectivity index (χ0) is 12.1. The van der Waals surface area contributed by atoms with Gasteiger partial charge in [0, 0.05) is 6.61 Å². The van der Waals surface area contributed by atoms with E-state index in [1.807, 2.05) is 0 Å². The lowest BCUT2D eigenvalue weighted by Gasteiger charge is -2.39. The Labute approximate surface area is 92.9 Å². The van der Waals surface area contributed by atoms with Crippen molar-refractivity contribution in [1.82, 2.24) is 0 Å². The second kappa shape index (κ2) is 6.45. The van der Waals surface area contributed by atoms with Crippen LogP contribution in [0, 0.1) is 0 Å². The summed E-state index contributed by atoms with van der Waals surface area (Å²) >= 11 is 0. The number of aliphatic hydroxyl groups excluding tert-OH is 5. The molecule has 5 N–H and O–H groups in total. The molecule has 0 aromatic carbocycles. The normalized spacial score (nSPS) is 39.9. The molecule has 7 nitrogen and oxygen atoms in total. The van der Waals surface area contributed by atoms with Crippen molar-refractivity contribution in [2.75, 3.05) is 19.8 Å². The van der Waals surface area contributed by atoms with Gasteiger partial charge in [-0.1, -0.05) is 0 Å². The summed E-state index contributed by atoms with van der Waals surface area (Å²) in [7, 11) is 0. The van der Waals surface area contributed by atoms with Crippen molar-refractivity contribution in [3.05, 3.63) is 0 Å². The van der Waals surface area contributed by atoms with Gasteiger partial charge in [-0.25, -0.2) is 0 Å². The second-order valence-electron chi connectivity index (χ2n) is 3.65. The van der Waals surface area contributed by atoms with Gasteiger partial charge in [-0.2, -0.15) is 0 Å². The molecule has 16 heavy (non-hydrogen) atoms. The molecule has 1 rings (SSSR count). The van der Waals surface area contributed by atoms with E-state index in [1.165, 1.54) is 0 Å². The summed E-state index contributed by atoms with van der Waals surface area (Å²) in [6, 6.07) is 0. The van der Waals surface area contributed by atoms with Crippen LogP contribution >= 0.6 is 0 Å². The van der Waals surface area contributed by atoms with Crippen molar-refractivity contribution in [3.63, 3.8) is 0 Å². The molecule has 7 heteroatoms. The van der Waals surface area contributed by atoms with Gasteiger partial charge >= 0.3 is 0 Å². The summed E-state index contributed by atoms with van der Waals surface area (Å²) in [4.78, 5) is 0. The monoisotopic (exact) mass is 238 g/mol. The Bertz CT molecular complexity index is 198. The van der Waals surface area contributed by atoms with Crippen molar-refractivity contribution in [2.45, 2.75) is 37.1 Å². The second-order valence-corrected chi connectivity index (χ2v) is 3.65. The Hall–Kier alpha value is -0.280. The summed E-state index contributed by atoms with van der Waals surface area (Å²) in [5, 5.41) is 45.8. The molecule has 1 fully saturated rings. The highest BCUT2D eigenvalue weighted by Gasteiger charge is 2.43. The number of ether oxygens (including phenoxy) is 2. The smallest absolute Gasteiger partial charge is 0.186 e. The number of aliphatic hydroxyl groups is 5. The third-order valence-electron chi connectivity index (χ3n) is 2.43. The molecule has 1 aliphatic heterocycles. The molecule has 1 heterocycles. The van der Waals surface area contributed by atoms with Crippen LogP contribution in [0.5, 0.6) is 0 Å². The van der Waals surface area contributed by atoms with E-state index in [9.17, 15) is 15.3 Å². The van der Waals surface area contributed by atoms with E-state index in [-0.39, 0.29) is 13.2 Å². The van der Waals surface area contributed by atoms with Crippen LogP contribution in [0.2, 0.25) is 0 Å². The maximum absolute atomic E-state index is 9.52. The lowest BCUT2D eigenvalue weighted by atomic mass is 9.99. The molecular weight excluding hydrogens is 220 g/mol. The highest BCUT2D eigenvalue weighted by atomic mass is 16.7. The summed E-state index contributed by atoms with van der Waals surface area (Å²) in [6.45, 7) is -0.387. The molecule has 0 amide bonds. The minimum absolute atomic E-state index is 0.0581. The summed E-state index contributed by atoms with van der Waals surface area (Å²) in [5.41, 5.74) is 0. The topological polar surface area (TPSA) is 120 Å². The maximum atomic E-state index is 9.52. The van der Waals surface area contributed by atoms with Gasteiger partial charge in [-0.15, -0.1) is 0 Å². The maximum Gasteiger partial charge on any atom is 0.186 e. The Morgan fingerprint density at radius 2 is 1.69 bits per heavy atom. The van der Waals surface area contributed by atoms with Crippen LogP contribution in [-0.2, 0) is 9.47 Å². The van der Waals surface area contributed by atoms with Gasteiger partial charge < -0.3 is 35.0 Å². The van der Waals surface area contributed by atoms with Crippen LogP contribution in [0.15, 0.2) is 0 Å². The molecule has 0 aromatic heterocycles. The number of hydrogen-bond donors (Lipinski definition) is 5. The van der Waals surface area contributed by atoms with Crippen molar-refractivity contribution < 1.29 is 35.0 Å². The average molecular weight is 238 g/mol. The van der Waals surface area contributed by atoms with Crippen LogP contribution in [0.25, 0.3) is 0 Å².